The highest BCUT2D eigenvalue weighted by molar-refractivity contribution is 7.22. The maximum absolute atomic E-state index is 13.2. The number of pyridine rings is 1. The Morgan fingerprint density at radius 2 is 1.90 bits per heavy atom. The molecule has 0 bridgehead atoms. The summed E-state index contributed by atoms with van der Waals surface area (Å²) in [4.78, 5) is 24.0. The van der Waals surface area contributed by atoms with Crippen molar-refractivity contribution in [2.75, 3.05) is 11.5 Å². The number of rotatable bonds is 8. The molecule has 1 amide bonds. The fourth-order valence-corrected chi connectivity index (χ4v) is 4.40. The van der Waals surface area contributed by atoms with E-state index in [0.717, 1.165) is 21.5 Å². The molecule has 5 nitrogen and oxygen atoms in total. The molecule has 0 saturated heterocycles. The number of amides is 1. The summed E-state index contributed by atoms with van der Waals surface area (Å²) in [7, 11) is 0. The quantitative estimate of drug-likeness (QED) is 0.353. The van der Waals surface area contributed by atoms with Gasteiger partial charge in [0.15, 0.2) is 5.13 Å². The Labute approximate surface area is 186 Å². The highest BCUT2D eigenvalue weighted by atomic mass is 32.1. The first-order valence-corrected chi connectivity index (χ1v) is 11.2. The van der Waals surface area contributed by atoms with Crippen molar-refractivity contribution in [1.82, 2.24) is 9.97 Å². The Balaban J connectivity index is 1.59. The zero-order valence-corrected chi connectivity index (χ0v) is 18.5. The van der Waals surface area contributed by atoms with Crippen LogP contribution in [0.2, 0.25) is 0 Å². The second kappa shape index (κ2) is 9.71. The van der Waals surface area contributed by atoms with Gasteiger partial charge in [-0.05, 0) is 41.3 Å². The van der Waals surface area contributed by atoms with Gasteiger partial charge in [0.05, 0.1) is 29.8 Å². The molecule has 0 aliphatic rings. The van der Waals surface area contributed by atoms with Gasteiger partial charge in [0.2, 0.25) is 5.91 Å². The maximum Gasteiger partial charge on any atom is 0.232 e. The van der Waals surface area contributed by atoms with Crippen LogP contribution < -0.4 is 9.64 Å². The molecule has 0 spiro atoms. The van der Waals surface area contributed by atoms with E-state index in [4.69, 9.17) is 9.72 Å². The summed E-state index contributed by atoms with van der Waals surface area (Å²) in [5, 5.41) is 0.705. The van der Waals surface area contributed by atoms with Gasteiger partial charge in [-0.3, -0.25) is 14.7 Å². The SMILES string of the molecule is CC(C)c1cccc2sc(N(Cc3cccnc3)C(=O)CCOc3ccccc3)nc12. The molecule has 31 heavy (non-hydrogen) atoms. The molecule has 4 rings (SSSR count). The van der Waals surface area contributed by atoms with E-state index in [1.807, 2.05) is 42.5 Å². The second-order valence-electron chi connectivity index (χ2n) is 7.60. The molecule has 0 radical (unpaired) electrons. The van der Waals surface area contributed by atoms with Gasteiger partial charge in [-0.2, -0.15) is 0 Å². The van der Waals surface area contributed by atoms with E-state index in [1.54, 1.807) is 28.6 Å². The van der Waals surface area contributed by atoms with Crippen molar-refractivity contribution in [3.63, 3.8) is 0 Å². The maximum atomic E-state index is 13.2. The third-order valence-corrected chi connectivity index (χ3v) is 6.03. The first kappa shape index (κ1) is 21.0. The number of fused-ring (bicyclic) bond motifs is 1. The minimum Gasteiger partial charge on any atom is -0.493 e. The Morgan fingerprint density at radius 3 is 2.65 bits per heavy atom. The Morgan fingerprint density at radius 1 is 1.06 bits per heavy atom. The van der Waals surface area contributed by atoms with E-state index in [0.29, 0.717) is 24.2 Å². The van der Waals surface area contributed by atoms with Crippen molar-refractivity contribution < 1.29 is 9.53 Å². The summed E-state index contributed by atoms with van der Waals surface area (Å²) in [5.74, 6) is 1.10. The number of hydrogen-bond acceptors (Lipinski definition) is 5. The van der Waals surface area contributed by atoms with Crippen molar-refractivity contribution in [2.45, 2.75) is 32.7 Å². The van der Waals surface area contributed by atoms with Gasteiger partial charge in [-0.25, -0.2) is 4.98 Å². The Kier molecular flexibility index (Phi) is 6.57. The number of carbonyl (C=O) groups is 1. The van der Waals surface area contributed by atoms with Crippen LogP contribution in [0.3, 0.4) is 0 Å². The smallest absolute Gasteiger partial charge is 0.232 e. The molecule has 2 aromatic heterocycles. The van der Waals surface area contributed by atoms with Crippen molar-refractivity contribution >= 4 is 32.6 Å². The molecule has 0 aliphatic heterocycles. The van der Waals surface area contributed by atoms with Crippen LogP contribution in [-0.2, 0) is 11.3 Å². The number of benzene rings is 2. The van der Waals surface area contributed by atoms with E-state index in [-0.39, 0.29) is 12.3 Å². The van der Waals surface area contributed by atoms with Gasteiger partial charge < -0.3 is 4.74 Å². The normalized spacial score (nSPS) is 11.1. The van der Waals surface area contributed by atoms with E-state index in [9.17, 15) is 4.79 Å². The van der Waals surface area contributed by atoms with E-state index in [2.05, 4.69) is 37.0 Å². The fraction of sp³-hybridized carbons (Fsp3) is 0.240. The van der Waals surface area contributed by atoms with Gasteiger partial charge in [0.1, 0.15) is 5.75 Å². The van der Waals surface area contributed by atoms with Crippen molar-refractivity contribution in [2.24, 2.45) is 0 Å². The summed E-state index contributed by atoms with van der Waals surface area (Å²) < 4.78 is 6.83. The van der Waals surface area contributed by atoms with Crippen LogP contribution in [0.15, 0.2) is 73.1 Å². The fourth-order valence-electron chi connectivity index (χ4n) is 3.38. The number of nitrogens with zero attached hydrogens (tertiary/aromatic N) is 3. The number of hydrogen-bond donors (Lipinski definition) is 0. The monoisotopic (exact) mass is 431 g/mol. The van der Waals surface area contributed by atoms with Gasteiger partial charge in [0, 0.05) is 12.4 Å². The highest BCUT2D eigenvalue weighted by Crippen LogP contribution is 2.34. The molecule has 0 unspecified atom stereocenters. The molecule has 2 aromatic carbocycles. The van der Waals surface area contributed by atoms with E-state index < -0.39 is 0 Å². The second-order valence-corrected chi connectivity index (χ2v) is 8.61. The first-order valence-electron chi connectivity index (χ1n) is 10.4. The number of aromatic nitrogens is 2. The molecule has 0 fully saturated rings. The van der Waals surface area contributed by atoms with Gasteiger partial charge >= 0.3 is 0 Å². The van der Waals surface area contributed by atoms with Crippen molar-refractivity contribution in [1.29, 1.82) is 0 Å². The third-order valence-electron chi connectivity index (χ3n) is 4.98. The third kappa shape index (κ3) is 5.09. The first-order chi connectivity index (χ1) is 15.1. The predicted octanol–water partition coefficient (Wildman–Crippen LogP) is 5.82. The number of carbonyl (C=O) groups excluding carboxylic acids is 1. The molecule has 0 aliphatic carbocycles. The summed E-state index contributed by atoms with van der Waals surface area (Å²) >= 11 is 1.55. The minimum atomic E-state index is -0.0232. The van der Waals surface area contributed by atoms with Gasteiger partial charge in [-0.15, -0.1) is 0 Å². The molecule has 0 atom stereocenters. The van der Waals surface area contributed by atoms with Crippen molar-refractivity contribution in [3.05, 3.63) is 84.2 Å². The number of para-hydroxylation sites is 2. The predicted molar refractivity (Wildman–Crippen MR) is 126 cm³/mol. The lowest BCUT2D eigenvalue weighted by molar-refractivity contribution is -0.119. The molecule has 2 heterocycles. The van der Waals surface area contributed by atoms with Crippen LogP contribution >= 0.6 is 11.3 Å². The van der Waals surface area contributed by atoms with E-state index >= 15 is 0 Å². The number of ether oxygens (including phenoxy) is 1. The van der Waals surface area contributed by atoms with E-state index in [1.165, 1.54) is 5.56 Å². The average Bonchev–Trinajstić information content (AvgIpc) is 3.22. The largest absolute Gasteiger partial charge is 0.493 e. The number of thiazole rings is 1. The Hall–Kier alpha value is -3.25. The van der Waals surface area contributed by atoms with Gasteiger partial charge in [0.25, 0.3) is 0 Å². The Bertz CT molecular complexity index is 1140. The molecular weight excluding hydrogens is 406 g/mol. The summed E-state index contributed by atoms with van der Waals surface area (Å²) in [6, 6.07) is 19.6. The number of anilines is 1. The lowest BCUT2D eigenvalue weighted by Crippen LogP contribution is -2.31. The standard InChI is InChI=1S/C25H25N3O2S/c1-18(2)21-11-6-12-22-24(21)27-25(31-22)28(17-19-8-7-14-26-16-19)23(29)13-15-30-20-9-4-3-5-10-20/h3-12,14,16,18H,13,15,17H2,1-2H3. The highest BCUT2D eigenvalue weighted by Gasteiger charge is 2.21. The molecule has 0 saturated carbocycles. The lowest BCUT2D eigenvalue weighted by atomic mass is 10.0. The topological polar surface area (TPSA) is 55.3 Å². The summed E-state index contributed by atoms with van der Waals surface area (Å²) in [6.45, 7) is 5.06. The summed E-state index contributed by atoms with van der Waals surface area (Å²) in [5.41, 5.74) is 3.13. The zero-order chi connectivity index (χ0) is 21.6. The van der Waals surface area contributed by atoms with Crippen LogP contribution in [0.5, 0.6) is 5.75 Å². The van der Waals surface area contributed by atoms with Crippen molar-refractivity contribution in [3.8, 4) is 5.75 Å². The van der Waals surface area contributed by atoms with Crippen LogP contribution in [-0.4, -0.2) is 22.5 Å². The molecule has 4 aromatic rings. The van der Waals surface area contributed by atoms with Crippen LogP contribution in [0.1, 0.15) is 37.3 Å². The average molecular weight is 432 g/mol. The molecule has 0 N–H and O–H groups in total. The lowest BCUT2D eigenvalue weighted by Gasteiger charge is -2.20. The van der Waals surface area contributed by atoms with Crippen LogP contribution in [0.4, 0.5) is 5.13 Å². The van der Waals surface area contributed by atoms with Crippen LogP contribution in [0, 0.1) is 0 Å². The van der Waals surface area contributed by atoms with Crippen LogP contribution in [0.25, 0.3) is 10.2 Å². The molecular formula is C25H25N3O2S. The minimum absolute atomic E-state index is 0.0232. The zero-order valence-electron chi connectivity index (χ0n) is 17.7. The molecule has 158 valence electrons. The molecule has 6 heteroatoms. The van der Waals surface area contributed by atoms with Gasteiger partial charge in [-0.1, -0.05) is 61.6 Å². The summed E-state index contributed by atoms with van der Waals surface area (Å²) in [6.07, 6.45) is 3.78.